The minimum absolute atomic E-state index is 0.00588. The van der Waals surface area contributed by atoms with E-state index in [-0.39, 0.29) is 17.6 Å². The zero-order chi connectivity index (χ0) is 11.7. The summed E-state index contributed by atoms with van der Waals surface area (Å²) in [6.07, 6.45) is 4.43. The van der Waals surface area contributed by atoms with Crippen molar-refractivity contribution in [2.45, 2.75) is 38.6 Å². The van der Waals surface area contributed by atoms with Crippen LogP contribution in [0, 0.1) is 17.0 Å². The highest BCUT2D eigenvalue weighted by Crippen LogP contribution is 2.27. The molecule has 0 aliphatic heterocycles. The van der Waals surface area contributed by atoms with E-state index in [2.05, 4.69) is 5.10 Å². The van der Waals surface area contributed by atoms with Crippen LogP contribution in [0.3, 0.4) is 0 Å². The molecule has 1 saturated carbocycles. The topological polar surface area (TPSA) is 78.0 Å². The summed E-state index contributed by atoms with van der Waals surface area (Å²) in [5.74, 6) is 0.102. The molecule has 0 N–H and O–H groups in total. The molecule has 86 valence electrons. The lowest BCUT2D eigenvalue weighted by molar-refractivity contribution is -0.390. The second-order valence-electron chi connectivity index (χ2n) is 4.16. The summed E-state index contributed by atoms with van der Waals surface area (Å²) in [7, 11) is 0. The molecule has 16 heavy (non-hydrogen) atoms. The van der Waals surface area contributed by atoms with E-state index in [0.717, 1.165) is 12.8 Å². The molecule has 0 radical (unpaired) electrons. The van der Waals surface area contributed by atoms with Crippen LogP contribution in [0.15, 0.2) is 6.20 Å². The lowest BCUT2D eigenvalue weighted by Gasteiger charge is -2.18. The zero-order valence-electron chi connectivity index (χ0n) is 9.05. The van der Waals surface area contributed by atoms with Crippen molar-refractivity contribution in [2.75, 3.05) is 0 Å². The lowest BCUT2D eigenvalue weighted by Crippen LogP contribution is -2.19. The highest BCUT2D eigenvalue weighted by atomic mass is 16.6. The number of Topliss-reactive ketones (excluding diaryl/α,β-unsaturated/α-hetero) is 1. The van der Waals surface area contributed by atoms with E-state index in [1.807, 2.05) is 0 Å². The van der Waals surface area contributed by atoms with E-state index in [1.165, 1.54) is 0 Å². The second kappa shape index (κ2) is 4.03. The van der Waals surface area contributed by atoms with E-state index in [0.29, 0.717) is 18.4 Å². The van der Waals surface area contributed by atoms with Crippen LogP contribution < -0.4 is 0 Å². The molecule has 1 unspecified atom stereocenters. The van der Waals surface area contributed by atoms with Crippen molar-refractivity contribution in [1.82, 2.24) is 9.78 Å². The van der Waals surface area contributed by atoms with Crippen molar-refractivity contribution in [3.05, 3.63) is 21.9 Å². The zero-order valence-corrected chi connectivity index (χ0v) is 9.05. The van der Waals surface area contributed by atoms with E-state index in [4.69, 9.17) is 0 Å². The van der Waals surface area contributed by atoms with E-state index >= 15 is 0 Å². The molecule has 1 aromatic rings. The average molecular weight is 223 g/mol. The maximum Gasteiger partial charge on any atom is 0.392 e. The van der Waals surface area contributed by atoms with Crippen LogP contribution in [0.1, 0.15) is 37.3 Å². The molecule has 1 fully saturated rings. The highest BCUT2D eigenvalue weighted by molar-refractivity contribution is 5.79. The van der Waals surface area contributed by atoms with Crippen molar-refractivity contribution < 1.29 is 9.72 Å². The van der Waals surface area contributed by atoms with Gasteiger partial charge < -0.3 is 10.1 Å². The summed E-state index contributed by atoms with van der Waals surface area (Å²) in [5.41, 5.74) is 0.544. The van der Waals surface area contributed by atoms with Gasteiger partial charge in [0.15, 0.2) is 0 Å². The molecule has 2 rings (SSSR count). The number of nitro groups is 1. The fourth-order valence-corrected chi connectivity index (χ4v) is 2.07. The molecule has 1 heterocycles. The first-order chi connectivity index (χ1) is 7.58. The summed E-state index contributed by atoms with van der Waals surface area (Å²) in [6.45, 7) is 1.66. The van der Waals surface area contributed by atoms with Gasteiger partial charge in [0.1, 0.15) is 5.78 Å². The Balaban J connectivity index is 2.23. The van der Waals surface area contributed by atoms with Crippen LogP contribution in [0.4, 0.5) is 5.82 Å². The van der Waals surface area contributed by atoms with Gasteiger partial charge in [-0.3, -0.25) is 4.79 Å². The second-order valence-corrected chi connectivity index (χ2v) is 4.16. The van der Waals surface area contributed by atoms with Gasteiger partial charge in [0.25, 0.3) is 0 Å². The predicted octanol–water partition coefficient (Wildman–Crippen LogP) is 1.78. The van der Waals surface area contributed by atoms with Crippen molar-refractivity contribution in [3.8, 4) is 0 Å². The molecule has 0 spiro atoms. The van der Waals surface area contributed by atoms with E-state index < -0.39 is 4.92 Å². The molecular formula is C10H13N3O3. The molecule has 6 nitrogen and oxygen atoms in total. The number of hydrogen-bond acceptors (Lipinski definition) is 4. The van der Waals surface area contributed by atoms with Gasteiger partial charge in [-0.1, -0.05) is 0 Å². The van der Waals surface area contributed by atoms with Gasteiger partial charge in [0, 0.05) is 12.8 Å². The number of nitrogens with zero attached hydrogens (tertiary/aromatic N) is 3. The quantitative estimate of drug-likeness (QED) is 0.565. The summed E-state index contributed by atoms with van der Waals surface area (Å²) in [4.78, 5) is 21.5. The first-order valence-electron chi connectivity index (χ1n) is 5.30. The molecular weight excluding hydrogens is 210 g/mol. The molecule has 0 bridgehead atoms. The van der Waals surface area contributed by atoms with Gasteiger partial charge in [-0.25, -0.2) is 0 Å². The standard InChI is InChI=1S/C10H13N3O3/c1-7-6-12(11-10(7)13(15)16)8-3-2-4-9(14)5-8/h6,8H,2-5H2,1H3. The Morgan fingerprint density at radius 1 is 1.62 bits per heavy atom. The summed E-state index contributed by atoms with van der Waals surface area (Å²) in [6, 6.07) is -0.00588. The molecule has 0 amide bonds. The van der Waals surface area contributed by atoms with Crippen molar-refractivity contribution in [3.63, 3.8) is 0 Å². The summed E-state index contributed by atoms with van der Waals surface area (Å²) in [5, 5.41) is 14.6. The molecule has 1 aliphatic carbocycles. The van der Waals surface area contributed by atoms with Crippen LogP contribution in [0.5, 0.6) is 0 Å². The van der Waals surface area contributed by atoms with E-state index in [1.54, 1.807) is 17.8 Å². The predicted molar refractivity (Wildman–Crippen MR) is 56.1 cm³/mol. The maximum absolute atomic E-state index is 11.3. The monoisotopic (exact) mass is 223 g/mol. The minimum atomic E-state index is -0.490. The number of aryl methyl sites for hydroxylation is 1. The van der Waals surface area contributed by atoms with Gasteiger partial charge in [-0.15, -0.1) is 0 Å². The third-order valence-electron chi connectivity index (χ3n) is 2.89. The normalized spacial score (nSPS) is 21.1. The van der Waals surface area contributed by atoms with Gasteiger partial charge in [-0.2, -0.15) is 4.68 Å². The Hall–Kier alpha value is -1.72. The molecule has 6 heteroatoms. The molecule has 1 atom stereocenters. The number of ketones is 1. The van der Waals surface area contributed by atoms with Crippen LogP contribution in [0.25, 0.3) is 0 Å². The van der Waals surface area contributed by atoms with Crippen LogP contribution in [-0.4, -0.2) is 20.5 Å². The van der Waals surface area contributed by atoms with Gasteiger partial charge >= 0.3 is 5.82 Å². The molecule has 0 aromatic carbocycles. The number of carbonyl (C=O) groups is 1. The van der Waals surface area contributed by atoms with Gasteiger partial charge in [0.05, 0.1) is 22.9 Å². The van der Waals surface area contributed by atoms with Crippen LogP contribution >= 0.6 is 0 Å². The van der Waals surface area contributed by atoms with Crippen molar-refractivity contribution in [1.29, 1.82) is 0 Å². The Morgan fingerprint density at radius 2 is 2.38 bits per heavy atom. The van der Waals surface area contributed by atoms with Gasteiger partial charge in [0.2, 0.25) is 0 Å². The number of aromatic nitrogens is 2. The fraction of sp³-hybridized carbons (Fsp3) is 0.600. The number of hydrogen-bond donors (Lipinski definition) is 0. The van der Waals surface area contributed by atoms with Crippen LogP contribution in [-0.2, 0) is 4.79 Å². The maximum atomic E-state index is 11.3. The third-order valence-corrected chi connectivity index (χ3v) is 2.89. The van der Waals surface area contributed by atoms with Crippen LogP contribution in [0.2, 0.25) is 0 Å². The highest BCUT2D eigenvalue weighted by Gasteiger charge is 2.26. The minimum Gasteiger partial charge on any atom is -0.358 e. The van der Waals surface area contributed by atoms with Crippen molar-refractivity contribution in [2.24, 2.45) is 0 Å². The Kier molecular flexibility index (Phi) is 2.72. The Bertz CT molecular complexity index is 439. The largest absolute Gasteiger partial charge is 0.392 e. The Morgan fingerprint density at radius 3 is 2.94 bits per heavy atom. The van der Waals surface area contributed by atoms with Crippen molar-refractivity contribution >= 4 is 11.6 Å². The molecule has 0 saturated heterocycles. The molecule has 1 aromatic heterocycles. The number of carbonyl (C=O) groups excluding carboxylic acids is 1. The average Bonchev–Trinajstić information content (AvgIpc) is 2.60. The molecule has 1 aliphatic rings. The first-order valence-corrected chi connectivity index (χ1v) is 5.30. The lowest BCUT2D eigenvalue weighted by atomic mass is 9.94. The Labute approximate surface area is 92.4 Å². The third kappa shape index (κ3) is 1.95. The van der Waals surface area contributed by atoms with E-state index in [9.17, 15) is 14.9 Å². The number of rotatable bonds is 2. The summed E-state index contributed by atoms with van der Waals surface area (Å²) < 4.78 is 1.57. The smallest absolute Gasteiger partial charge is 0.358 e. The van der Waals surface area contributed by atoms with Gasteiger partial charge in [-0.05, 0) is 24.7 Å². The SMILES string of the molecule is Cc1cn(C2CCCC(=O)C2)nc1[N+](=O)[O-]. The summed E-state index contributed by atoms with van der Waals surface area (Å²) >= 11 is 0. The first kappa shape index (κ1) is 10.8. The fourth-order valence-electron chi connectivity index (χ4n) is 2.07.